The van der Waals surface area contributed by atoms with Gasteiger partial charge in [0.25, 0.3) is 0 Å². The molecular formula is C15H20N2OS. The van der Waals surface area contributed by atoms with Gasteiger partial charge in [-0.15, -0.1) is 11.3 Å². The van der Waals surface area contributed by atoms with Gasteiger partial charge in [0.05, 0.1) is 5.69 Å². The second kappa shape index (κ2) is 7.26. The Morgan fingerprint density at radius 1 is 1.11 bits per heavy atom. The number of nitrogen functional groups attached to an aromatic ring is 1. The summed E-state index contributed by atoms with van der Waals surface area (Å²) < 4.78 is 0. The summed E-state index contributed by atoms with van der Waals surface area (Å²) in [6.07, 6.45) is 5.37. The van der Waals surface area contributed by atoms with E-state index in [1.165, 1.54) is 22.5 Å². The summed E-state index contributed by atoms with van der Waals surface area (Å²) >= 11 is 1.48. The molecule has 2 rings (SSSR count). The van der Waals surface area contributed by atoms with E-state index in [9.17, 15) is 0 Å². The van der Waals surface area contributed by atoms with Crippen LogP contribution in [0.5, 0.6) is 0 Å². The molecule has 1 heterocycles. The Balaban J connectivity index is 2.00. The maximum atomic E-state index is 8.76. The van der Waals surface area contributed by atoms with Crippen LogP contribution in [0.15, 0.2) is 29.6 Å². The molecule has 0 aliphatic carbocycles. The zero-order chi connectivity index (χ0) is 13.5. The summed E-state index contributed by atoms with van der Waals surface area (Å²) in [6, 6.07) is 8.39. The molecular weight excluding hydrogens is 256 g/mol. The van der Waals surface area contributed by atoms with E-state index in [0.717, 1.165) is 37.8 Å². The first-order valence-corrected chi connectivity index (χ1v) is 7.59. The normalized spacial score (nSPS) is 10.8. The Bertz CT molecular complexity index is 510. The number of benzene rings is 1. The molecule has 0 spiro atoms. The van der Waals surface area contributed by atoms with Crippen LogP contribution >= 0.6 is 11.3 Å². The minimum Gasteiger partial charge on any atom is -0.396 e. The summed E-state index contributed by atoms with van der Waals surface area (Å²) in [5, 5.41) is 11.4. The maximum Gasteiger partial charge on any atom is 0.180 e. The van der Waals surface area contributed by atoms with Gasteiger partial charge in [0.2, 0.25) is 0 Å². The SMILES string of the molecule is Nc1nc(-c2ccccc2CCCCCCO)cs1. The van der Waals surface area contributed by atoms with E-state index >= 15 is 0 Å². The van der Waals surface area contributed by atoms with Crippen molar-refractivity contribution < 1.29 is 5.11 Å². The van der Waals surface area contributed by atoms with Crippen molar-refractivity contribution in [1.29, 1.82) is 0 Å². The standard InChI is InChI=1S/C15H20N2OS/c16-15-17-14(11-19-15)13-9-5-4-8-12(13)7-3-1-2-6-10-18/h4-5,8-9,11,18H,1-3,6-7,10H2,(H2,16,17). The monoisotopic (exact) mass is 276 g/mol. The van der Waals surface area contributed by atoms with Crippen molar-refractivity contribution in [2.24, 2.45) is 0 Å². The predicted molar refractivity (Wildman–Crippen MR) is 81.2 cm³/mol. The van der Waals surface area contributed by atoms with Gasteiger partial charge in [0.15, 0.2) is 5.13 Å². The smallest absolute Gasteiger partial charge is 0.180 e. The largest absolute Gasteiger partial charge is 0.396 e. The minimum atomic E-state index is 0.300. The number of aliphatic hydroxyl groups excluding tert-OH is 1. The molecule has 0 saturated carbocycles. The van der Waals surface area contributed by atoms with E-state index in [-0.39, 0.29) is 0 Å². The molecule has 1 aromatic heterocycles. The van der Waals surface area contributed by atoms with Gasteiger partial charge in [-0.25, -0.2) is 4.98 Å². The maximum absolute atomic E-state index is 8.76. The van der Waals surface area contributed by atoms with Crippen LogP contribution in [0.3, 0.4) is 0 Å². The highest BCUT2D eigenvalue weighted by Crippen LogP contribution is 2.27. The van der Waals surface area contributed by atoms with Crippen LogP contribution in [0.25, 0.3) is 11.3 Å². The van der Waals surface area contributed by atoms with E-state index in [0.29, 0.717) is 11.7 Å². The molecule has 0 fully saturated rings. The molecule has 2 aromatic rings. The minimum absolute atomic E-state index is 0.300. The van der Waals surface area contributed by atoms with Crippen molar-refractivity contribution in [3.8, 4) is 11.3 Å². The molecule has 0 amide bonds. The number of rotatable bonds is 7. The number of aryl methyl sites for hydroxylation is 1. The van der Waals surface area contributed by atoms with E-state index in [2.05, 4.69) is 23.2 Å². The molecule has 4 heteroatoms. The zero-order valence-electron chi connectivity index (χ0n) is 11.0. The molecule has 102 valence electrons. The highest BCUT2D eigenvalue weighted by Gasteiger charge is 2.07. The number of thiazole rings is 1. The van der Waals surface area contributed by atoms with E-state index in [4.69, 9.17) is 10.8 Å². The second-order valence-corrected chi connectivity index (χ2v) is 5.51. The van der Waals surface area contributed by atoms with Crippen LogP contribution in [0, 0.1) is 0 Å². The average Bonchev–Trinajstić information content (AvgIpc) is 2.85. The molecule has 0 unspecified atom stereocenters. The lowest BCUT2D eigenvalue weighted by atomic mass is 9.99. The van der Waals surface area contributed by atoms with Crippen molar-refractivity contribution in [2.45, 2.75) is 32.1 Å². The summed E-state index contributed by atoms with van der Waals surface area (Å²) in [5.74, 6) is 0. The first kappa shape index (κ1) is 14.0. The molecule has 0 aliphatic heterocycles. The van der Waals surface area contributed by atoms with Crippen LogP contribution in [0.1, 0.15) is 31.2 Å². The fraction of sp³-hybridized carbons (Fsp3) is 0.400. The number of nitrogens with zero attached hydrogens (tertiary/aromatic N) is 1. The Morgan fingerprint density at radius 2 is 1.89 bits per heavy atom. The molecule has 0 radical (unpaired) electrons. The van der Waals surface area contributed by atoms with Crippen molar-refractivity contribution in [3.63, 3.8) is 0 Å². The number of aromatic nitrogens is 1. The van der Waals surface area contributed by atoms with E-state index in [1.54, 1.807) is 0 Å². The fourth-order valence-corrected chi connectivity index (χ4v) is 2.74. The molecule has 0 bridgehead atoms. The van der Waals surface area contributed by atoms with Crippen molar-refractivity contribution in [3.05, 3.63) is 35.2 Å². The third-order valence-electron chi connectivity index (χ3n) is 3.17. The highest BCUT2D eigenvalue weighted by atomic mass is 32.1. The van der Waals surface area contributed by atoms with Crippen LogP contribution in [-0.4, -0.2) is 16.7 Å². The number of anilines is 1. The summed E-state index contributed by atoms with van der Waals surface area (Å²) in [7, 11) is 0. The Kier molecular flexibility index (Phi) is 5.36. The number of unbranched alkanes of at least 4 members (excludes halogenated alkanes) is 3. The predicted octanol–water partition coefficient (Wildman–Crippen LogP) is 3.49. The molecule has 0 aliphatic rings. The first-order chi connectivity index (χ1) is 9.31. The molecule has 19 heavy (non-hydrogen) atoms. The van der Waals surface area contributed by atoms with Crippen LogP contribution in [-0.2, 0) is 6.42 Å². The molecule has 1 aromatic carbocycles. The average molecular weight is 276 g/mol. The van der Waals surface area contributed by atoms with Crippen molar-refractivity contribution in [2.75, 3.05) is 12.3 Å². The molecule has 3 N–H and O–H groups in total. The third kappa shape index (κ3) is 4.04. The topological polar surface area (TPSA) is 59.1 Å². The quantitative estimate of drug-likeness (QED) is 0.761. The third-order valence-corrected chi connectivity index (χ3v) is 3.84. The lowest BCUT2D eigenvalue weighted by Gasteiger charge is -2.07. The van der Waals surface area contributed by atoms with Gasteiger partial charge in [-0.2, -0.15) is 0 Å². The fourth-order valence-electron chi connectivity index (χ4n) is 2.18. The first-order valence-electron chi connectivity index (χ1n) is 6.71. The van der Waals surface area contributed by atoms with Gasteiger partial charge in [-0.1, -0.05) is 37.1 Å². The van der Waals surface area contributed by atoms with Gasteiger partial charge in [-0.05, 0) is 24.8 Å². The summed E-state index contributed by atoms with van der Waals surface area (Å²) in [6.45, 7) is 0.300. The highest BCUT2D eigenvalue weighted by molar-refractivity contribution is 7.13. The number of hydrogen-bond acceptors (Lipinski definition) is 4. The second-order valence-electron chi connectivity index (χ2n) is 4.62. The van der Waals surface area contributed by atoms with Crippen LogP contribution in [0.2, 0.25) is 0 Å². The van der Waals surface area contributed by atoms with Gasteiger partial charge in [0, 0.05) is 17.6 Å². The van der Waals surface area contributed by atoms with Gasteiger partial charge >= 0.3 is 0 Å². The van der Waals surface area contributed by atoms with E-state index in [1.807, 2.05) is 11.4 Å². The van der Waals surface area contributed by atoms with E-state index < -0.39 is 0 Å². The van der Waals surface area contributed by atoms with Crippen molar-refractivity contribution in [1.82, 2.24) is 4.98 Å². The number of aliphatic hydroxyl groups is 1. The lowest BCUT2D eigenvalue weighted by molar-refractivity contribution is 0.282. The van der Waals surface area contributed by atoms with Gasteiger partial charge < -0.3 is 10.8 Å². The number of hydrogen-bond donors (Lipinski definition) is 2. The van der Waals surface area contributed by atoms with Crippen molar-refractivity contribution >= 4 is 16.5 Å². The zero-order valence-corrected chi connectivity index (χ0v) is 11.8. The summed E-state index contributed by atoms with van der Waals surface area (Å²) in [5.41, 5.74) is 9.21. The Morgan fingerprint density at radius 3 is 2.63 bits per heavy atom. The number of nitrogens with two attached hydrogens (primary N) is 1. The lowest BCUT2D eigenvalue weighted by Crippen LogP contribution is -1.92. The molecule has 3 nitrogen and oxygen atoms in total. The Hall–Kier alpha value is -1.39. The van der Waals surface area contributed by atoms with Gasteiger partial charge in [-0.3, -0.25) is 0 Å². The molecule has 0 atom stereocenters. The Labute approximate surface area is 118 Å². The van der Waals surface area contributed by atoms with Gasteiger partial charge in [0.1, 0.15) is 0 Å². The van der Waals surface area contributed by atoms with Crippen LogP contribution < -0.4 is 5.73 Å². The van der Waals surface area contributed by atoms with Crippen LogP contribution in [0.4, 0.5) is 5.13 Å². The molecule has 0 saturated heterocycles. The summed E-state index contributed by atoms with van der Waals surface area (Å²) in [4.78, 5) is 4.36.